The molecule has 2 heterocycles. The summed E-state index contributed by atoms with van der Waals surface area (Å²) in [4.78, 5) is 16.0. The van der Waals surface area contributed by atoms with Crippen molar-refractivity contribution in [2.45, 2.75) is 25.7 Å². The normalized spacial score (nSPS) is 21.6. The number of hydrogen-bond donors (Lipinski definition) is 2. The maximum atomic E-state index is 14.3. The van der Waals surface area contributed by atoms with Crippen LogP contribution in [0.5, 0.6) is 0 Å². The summed E-state index contributed by atoms with van der Waals surface area (Å²) in [6.45, 7) is 3.11. The van der Waals surface area contributed by atoms with E-state index in [9.17, 15) is 14.3 Å². The molecule has 126 valence electrons. The van der Waals surface area contributed by atoms with Gasteiger partial charge in [-0.25, -0.2) is 9.18 Å². The predicted octanol–water partition coefficient (Wildman–Crippen LogP) is 2.66. The summed E-state index contributed by atoms with van der Waals surface area (Å²) in [6, 6.07) is 4.65. The Hall–Kier alpha value is -1.82. The van der Waals surface area contributed by atoms with Crippen LogP contribution in [0.2, 0.25) is 0 Å². The second kappa shape index (κ2) is 7.17. The summed E-state index contributed by atoms with van der Waals surface area (Å²) in [5, 5.41) is 12.0. The number of urea groups is 1. The monoisotopic (exact) mass is 321 g/mol. The first-order valence-electron chi connectivity index (χ1n) is 8.38. The number of piperidine rings is 1. The molecule has 6 heteroatoms. The van der Waals surface area contributed by atoms with Gasteiger partial charge in [0.25, 0.3) is 0 Å². The van der Waals surface area contributed by atoms with Gasteiger partial charge in [0.2, 0.25) is 0 Å². The molecule has 2 N–H and O–H groups in total. The molecule has 2 fully saturated rings. The van der Waals surface area contributed by atoms with E-state index in [0.717, 1.165) is 38.8 Å². The number of rotatable bonds is 3. The van der Waals surface area contributed by atoms with Crippen molar-refractivity contribution in [1.29, 1.82) is 0 Å². The molecular formula is C17H24FN3O2. The number of aliphatic hydroxyl groups excluding tert-OH is 1. The van der Waals surface area contributed by atoms with Crippen LogP contribution in [0.1, 0.15) is 25.7 Å². The van der Waals surface area contributed by atoms with Gasteiger partial charge in [0.05, 0.1) is 5.69 Å². The van der Waals surface area contributed by atoms with Gasteiger partial charge in [-0.3, -0.25) is 0 Å². The minimum Gasteiger partial charge on any atom is -0.396 e. The fourth-order valence-corrected chi connectivity index (χ4v) is 3.40. The molecule has 1 aromatic rings. The van der Waals surface area contributed by atoms with Gasteiger partial charge in [-0.1, -0.05) is 0 Å². The molecule has 1 unspecified atom stereocenters. The topological polar surface area (TPSA) is 55.8 Å². The van der Waals surface area contributed by atoms with E-state index in [2.05, 4.69) is 5.32 Å². The standard InChI is InChI=1S/C17H24FN3O2/c18-15-10-14(5-6-16(15)20-7-1-2-8-20)19-17(23)21-9-3-4-13(11-21)12-22/h5-6,10,13,22H,1-4,7-9,11-12H2,(H,19,23). The number of amides is 2. The molecule has 0 aliphatic carbocycles. The summed E-state index contributed by atoms with van der Waals surface area (Å²) in [5.74, 6) is -0.152. The Kier molecular flexibility index (Phi) is 5.00. The summed E-state index contributed by atoms with van der Waals surface area (Å²) in [6.07, 6.45) is 4.03. The van der Waals surface area contributed by atoms with Gasteiger partial charge in [0.1, 0.15) is 5.82 Å². The van der Waals surface area contributed by atoms with Crippen LogP contribution in [-0.4, -0.2) is 48.8 Å². The fraction of sp³-hybridized carbons (Fsp3) is 0.588. The number of nitrogens with zero attached hydrogens (tertiary/aromatic N) is 2. The average Bonchev–Trinajstić information content (AvgIpc) is 3.09. The molecule has 5 nitrogen and oxygen atoms in total. The van der Waals surface area contributed by atoms with Gasteiger partial charge >= 0.3 is 6.03 Å². The van der Waals surface area contributed by atoms with E-state index in [4.69, 9.17) is 0 Å². The van der Waals surface area contributed by atoms with Crippen LogP contribution in [0.3, 0.4) is 0 Å². The van der Waals surface area contributed by atoms with E-state index in [0.29, 0.717) is 24.5 Å². The number of nitrogens with one attached hydrogen (secondary N) is 1. The lowest BCUT2D eigenvalue weighted by molar-refractivity contribution is 0.136. The van der Waals surface area contributed by atoms with E-state index in [1.807, 2.05) is 4.90 Å². The third kappa shape index (κ3) is 3.75. The molecule has 2 aliphatic rings. The molecule has 0 bridgehead atoms. The van der Waals surface area contributed by atoms with E-state index in [1.54, 1.807) is 17.0 Å². The molecule has 3 rings (SSSR count). The zero-order chi connectivity index (χ0) is 16.2. The number of aliphatic hydroxyl groups is 1. The van der Waals surface area contributed by atoms with Crippen LogP contribution in [-0.2, 0) is 0 Å². The third-order valence-electron chi connectivity index (χ3n) is 4.71. The highest BCUT2D eigenvalue weighted by Gasteiger charge is 2.23. The molecule has 0 spiro atoms. The van der Waals surface area contributed by atoms with Crippen LogP contribution in [0, 0.1) is 11.7 Å². The maximum absolute atomic E-state index is 14.3. The molecule has 1 atom stereocenters. The largest absolute Gasteiger partial charge is 0.396 e. The van der Waals surface area contributed by atoms with Gasteiger partial charge in [-0.05, 0) is 49.8 Å². The van der Waals surface area contributed by atoms with Crippen molar-refractivity contribution in [2.24, 2.45) is 5.92 Å². The van der Waals surface area contributed by atoms with Crippen molar-refractivity contribution in [3.05, 3.63) is 24.0 Å². The fourth-order valence-electron chi connectivity index (χ4n) is 3.40. The SMILES string of the molecule is O=C(Nc1ccc(N2CCCC2)c(F)c1)N1CCCC(CO)C1. The lowest BCUT2D eigenvalue weighted by atomic mass is 9.99. The lowest BCUT2D eigenvalue weighted by Crippen LogP contribution is -2.43. The summed E-state index contributed by atoms with van der Waals surface area (Å²) >= 11 is 0. The van der Waals surface area contributed by atoms with Crippen molar-refractivity contribution in [2.75, 3.05) is 43.0 Å². The first-order valence-corrected chi connectivity index (χ1v) is 8.38. The molecule has 0 aromatic heterocycles. The molecular weight excluding hydrogens is 297 g/mol. The second-order valence-electron chi connectivity index (χ2n) is 6.43. The van der Waals surface area contributed by atoms with Crippen molar-refractivity contribution < 1.29 is 14.3 Å². The van der Waals surface area contributed by atoms with Crippen LogP contribution >= 0.6 is 0 Å². The number of benzene rings is 1. The number of carbonyl (C=O) groups excluding carboxylic acids is 1. The van der Waals surface area contributed by atoms with E-state index >= 15 is 0 Å². The highest BCUT2D eigenvalue weighted by molar-refractivity contribution is 5.89. The molecule has 1 aromatic carbocycles. The average molecular weight is 321 g/mol. The summed E-state index contributed by atoms with van der Waals surface area (Å²) < 4.78 is 14.3. The van der Waals surface area contributed by atoms with Gasteiger partial charge in [-0.15, -0.1) is 0 Å². The number of anilines is 2. The summed E-state index contributed by atoms with van der Waals surface area (Å²) in [5.41, 5.74) is 1.08. The van der Waals surface area contributed by atoms with Gasteiger partial charge < -0.3 is 20.2 Å². The van der Waals surface area contributed by atoms with Crippen molar-refractivity contribution in [3.63, 3.8) is 0 Å². The molecule has 0 radical (unpaired) electrons. The zero-order valence-electron chi connectivity index (χ0n) is 13.3. The van der Waals surface area contributed by atoms with E-state index < -0.39 is 0 Å². The minimum atomic E-state index is -0.295. The van der Waals surface area contributed by atoms with Gasteiger partial charge in [0.15, 0.2) is 0 Å². The third-order valence-corrected chi connectivity index (χ3v) is 4.71. The molecule has 23 heavy (non-hydrogen) atoms. The Bertz CT molecular complexity index is 561. The Morgan fingerprint density at radius 2 is 2.04 bits per heavy atom. The molecule has 0 saturated carbocycles. The smallest absolute Gasteiger partial charge is 0.321 e. The number of likely N-dealkylation sites (tertiary alicyclic amines) is 1. The maximum Gasteiger partial charge on any atom is 0.321 e. The van der Waals surface area contributed by atoms with E-state index in [-0.39, 0.29) is 24.4 Å². The first kappa shape index (κ1) is 16.1. The van der Waals surface area contributed by atoms with Crippen molar-refractivity contribution in [3.8, 4) is 0 Å². The predicted molar refractivity (Wildman–Crippen MR) is 88.2 cm³/mol. The minimum absolute atomic E-state index is 0.100. The quantitative estimate of drug-likeness (QED) is 0.900. The molecule has 2 saturated heterocycles. The summed E-state index contributed by atoms with van der Waals surface area (Å²) in [7, 11) is 0. The molecule has 2 aliphatic heterocycles. The van der Waals surface area contributed by atoms with Crippen LogP contribution < -0.4 is 10.2 Å². The Morgan fingerprint density at radius 1 is 1.26 bits per heavy atom. The van der Waals surface area contributed by atoms with E-state index in [1.165, 1.54) is 6.07 Å². The highest BCUT2D eigenvalue weighted by Crippen LogP contribution is 2.26. The Labute approximate surface area is 136 Å². The van der Waals surface area contributed by atoms with Crippen LogP contribution in [0.15, 0.2) is 18.2 Å². The second-order valence-corrected chi connectivity index (χ2v) is 6.43. The van der Waals surface area contributed by atoms with Crippen LogP contribution in [0.25, 0.3) is 0 Å². The van der Waals surface area contributed by atoms with Crippen molar-refractivity contribution >= 4 is 17.4 Å². The van der Waals surface area contributed by atoms with Crippen LogP contribution in [0.4, 0.5) is 20.6 Å². The Balaban J connectivity index is 1.63. The van der Waals surface area contributed by atoms with Gasteiger partial charge in [-0.2, -0.15) is 0 Å². The Morgan fingerprint density at radius 3 is 2.74 bits per heavy atom. The first-order chi connectivity index (χ1) is 11.2. The number of carbonyl (C=O) groups is 1. The zero-order valence-corrected chi connectivity index (χ0v) is 13.3. The lowest BCUT2D eigenvalue weighted by Gasteiger charge is -2.31. The van der Waals surface area contributed by atoms with Crippen molar-refractivity contribution in [1.82, 2.24) is 4.90 Å². The highest BCUT2D eigenvalue weighted by atomic mass is 19.1. The molecule has 2 amide bonds. The van der Waals surface area contributed by atoms with Gasteiger partial charge in [0, 0.05) is 38.5 Å². The number of halogens is 1. The number of hydrogen-bond acceptors (Lipinski definition) is 3.